The van der Waals surface area contributed by atoms with E-state index in [1.807, 2.05) is 29.6 Å². The highest BCUT2D eigenvalue weighted by Gasteiger charge is 2.11. The van der Waals surface area contributed by atoms with Crippen LogP contribution < -0.4 is 10.6 Å². The molecule has 3 rings (SSSR count). The zero-order valence-electron chi connectivity index (χ0n) is 10.9. The number of anilines is 2. The Hall–Kier alpha value is -2.40. The summed E-state index contributed by atoms with van der Waals surface area (Å²) in [7, 11) is 1.78. The fourth-order valence-electron chi connectivity index (χ4n) is 2.04. The maximum atomic E-state index is 12.3. The van der Waals surface area contributed by atoms with Crippen LogP contribution in [-0.2, 0) is 0 Å². The van der Waals surface area contributed by atoms with E-state index in [2.05, 4.69) is 15.6 Å². The molecule has 2 N–H and O–H groups in total. The van der Waals surface area contributed by atoms with Crippen molar-refractivity contribution in [3.8, 4) is 0 Å². The number of carbonyl (C=O) groups is 1. The van der Waals surface area contributed by atoms with Gasteiger partial charge in [0, 0.05) is 35.5 Å². The average Bonchev–Trinajstić information content (AvgIpc) is 2.94. The highest BCUT2D eigenvalue weighted by molar-refractivity contribution is 7.17. The van der Waals surface area contributed by atoms with Gasteiger partial charge in [-0.15, -0.1) is 11.3 Å². The Balaban J connectivity index is 1.88. The van der Waals surface area contributed by atoms with Crippen molar-refractivity contribution in [1.29, 1.82) is 0 Å². The maximum absolute atomic E-state index is 12.3. The number of hydrogen-bond donors (Lipinski definition) is 2. The lowest BCUT2D eigenvalue weighted by Gasteiger charge is -2.09. The van der Waals surface area contributed by atoms with Gasteiger partial charge in [-0.3, -0.25) is 9.78 Å². The van der Waals surface area contributed by atoms with E-state index in [1.165, 1.54) is 4.70 Å². The summed E-state index contributed by atoms with van der Waals surface area (Å²) < 4.78 is 1.21. The predicted molar refractivity (Wildman–Crippen MR) is 83.6 cm³/mol. The lowest BCUT2D eigenvalue weighted by atomic mass is 10.2. The SMILES string of the molecule is CNc1ccncc1C(=O)Nc1ccc2sccc2c1. The van der Waals surface area contributed by atoms with Crippen molar-refractivity contribution in [2.75, 3.05) is 17.7 Å². The number of aromatic nitrogens is 1. The standard InChI is InChI=1S/C15H13N3OS/c1-16-13-4-6-17-9-12(13)15(19)18-11-2-3-14-10(8-11)5-7-20-14/h2-9H,1H3,(H,16,17)(H,18,19). The zero-order valence-corrected chi connectivity index (χ0v) is 11.7. The number of pyridine rings is 1. The molecule has 0 radical (unpaired) electrons. The number of benzene rings is 1. The van der Waals surface area contributed by atoms with Crippen molar-refractivity contribution >= 4 is 38.7 Å². The Bertz CT molecular complexity index is 766. The van der Waals surface area contributed by atoms with Crippen molar-refractivity contribution in [2.45, 2.75) is 0 Å². The van der Waals surface area contributed by atoms with E-state index < -0.39 is 0 Å². The van der Waals surface area contributed by atoms with Crippen LogP contribution in [0.5, 0.6) is 0 Å². The Morgan fingerprint density at radius 1 is 1.25 bits per heavy atom. The molecule has 0 saturated carbocycles. The minimum atomic E-state index is -0.169. The van der Waals surface area contributed by atoms with Crippen molar-refractivity contribution < 1.29 is 4.79 Å². The molecule has 0 aliphatic carbocycles. The second-order valence-corrected chi connectivity index (χ2v) is 5.25. The summed E-state index contributed by atoms with van der Waals surface area (Å²) >= 11 is 1.68. The lowest BCUT2D eigenvalue weighted by Crippen LogP contribution is -2.14. The third-order valence-corrected chi connectivity index (χ3v) is 3.94. The first-order chi connectivity index (χ1) is 9.78. The van der Waals surface area contributed by atoms with Crippen molar-refractivity contribution in [2.24, 2.45) is 0 Å². The number of thiophene rings is 1. The molecular weight excluding hydrogens is 270 g/mol. The third kappa shape index (κ3) is 2.35. The Labute approximate surface area is 120 Å². The molecule has 1 amide bonds. The van der Waals surface area contributed by atoms with E-state index in [1.54, 1.807) is 36.8 Å². The first kappa shape index (κ1) is 12.6. The molecule has 3 aromatic rings. The quantitative estimate of drug-likeness (QED) is 0.772. The molecule has 0 aliphatic rings. The monoisotopic (exact) mass is 283 g/mol. The van der Waals surface area contributed by atoms with Crippen LogP contribution in [-0.4, -0.2) is 17.9 Å². The van der Waals surface area contributed by atoms with Crippen molar-refractivity contribution in [3.63, 3.8) is 0 Å². The van der Waals surface area contributed by atoms with E-state index in [0.29, 0.717) is 5.56 Å². The smallest absolute Gasteiger partial charge is 0.259 e. The van der Waals surface area contributed by atoms with Gasteiger partial charge in [-0.05, 0) is 41.1 Å². The lowest BCUT2D eigenvalue weighted by molar-refractivity contribution is 0.102. The molecule has 2 aromatic heterocycles. The highest BCUT2D eigenvalue weighted by atomic mass is 32.1. The largest absolute Gasteiger partial charge is 0.387 e. The summed E-state index contributed by atoms with van der Waals surface area (Å²) in [4.78, 5) is 16.3. The molecule has 0 bridgehead atoms. The Kier molecular flexibility index (Phi) is 3.35. The first-order valence-corrected chi connectivity index (χ1v) is 7.06. The van der Waals surface area contributed by atoms with Gasteiger partial charge in [0.25, 0.3) is 5.91 Å². The minimum absolute atomic E-state index is 0.169. The fraction of sp³-hybridized carbons (Fsp3) is 0.0667. The van der Waals surface area contributed by atoms with Gasteiger partial charge >= 0.3 is 0 Å². The molecule has 2 heterocycles. The van der Waals surface area contributed by atoms with Gasteiger partial charge in [0.15, 0.2) is 0 Å². The molecule has 1 aromatic carbocycles. The van der Waals surface area contributed by atoms with Crippen LogP contribution in [0.4, 0.5) is 11.4 Å². The van der Waals surface area contributed by atoms with Crippen LogP contribution in [0.15, 0.2) is 48.1 Å². The number of nitrogens with zero attached hydrogens (tertiary/aromatic N) is 1. The summed E-state index contributed by atoms with van der Waals surface area (Å²) in [6.07, 6.45) is 3.21. The molecule has 20 heavy (non-hydrogen) atoms. The molecule has 0 unspecified atom stereocenters. The van der Waals surface area contributed by atoms with Crippen LogP contribution in [0, 0.1) is 0 Å². The van der Waals surface area contributed by atoms with Gasteiger partial charge in [-0.2, -0.15) is 0 Å². The second-order valence-electron chi connectivity index (χ2n) is 4.30. The molecule has 0 fully saturated rings. The summed E-state index contributed by atoms with van der Waals surface area (Å²) in [5.41, 5.74) is 2.07. The number of rotatable bonds is 3. The summed E-state index contributed by atoms with van der Waals surface area (Å²) in [6.45, 7) is 0. The first-order valence-electron chi connectivity index (χ1n) is 6.18. The molecule has 0 atom stereocenters. The second kappa shape index (κ2) is 5.30. The fourth-order valence-corrected chi connectivity index (χ4v) is 2.81. The van der Waals surface area contributed by atoms with Crippen LogP contribution in [0.25, 0.3) is 10.1 Å². The minimum Gasteiger partial charge on any atom is -0.387 e. The van der Waals surface area contributed by atoms with E-state index in [0.717, 1.165) is 16.8 Å². The molecule has 100 valence electrons. The van der Waals surface area contributed by atoms with Crippen LogP contribution >= 0.6 is 11.3 Å². The Morgan fingerprint density at radius 3 is 3.00 bits per heavy atom. The Morgan fingerprint density at radius 2 is 2.15 bits per heavy atom. The van der Waals surface area contributed by atoms with Crippen molar-refractivity contribution in [1.82, 2.24) is 4.98 Å². The van der Waals surface area contributed by atoms with Crippen molar-refractivity contribution in [3.05, 3.63) is 53.7 Å². The van der Waals surface area contributed by atoms with E-state index in [-0.39, 0.29) is 5.91 Å². The zero-order chi connectivity index (χ0) is 13.9. The molecule has 0 saturated heterocycles. The highest BCUT2D eigenvalue weighted by Crippen LogP contribution is 2.24. The van der Waals surface area contributed by atoms with Crippen LogP contribution in [0.2, 0.25) is 0 Å². The predicted octanol–water partition coefficient (Wildman–Crippen LogP) is 3.59. The van der Waals surface area contributed by atoms with Gasteiger partial charge < -0.3 is 10.6 Å². The number of nitrogens with one attached hydrogen (secondary N) is 2. The van der Waals surface area contributed by atoms with E-state index >= 15 is 0 Å². The van der Waals surface area contributed by atoms with Crippen LogP contribution in [0.3, 0.4) is 0 Å². The number of fused-ring (bicyclic) bond motifs is 1. The van der Waals surface area contributed by atoms with Gasteiger partial charge in [-0.25, -0.2) is 0 Å². The summed E-state index contributed by atoms with van der Waals surface area (Å²) in [5, 5.41) is 9.06. The number of hydrogen-bond acceptors (Lipinski definition) is 4. The van der Waals surface area contributed by atoms with Gasteiger partial charge in [0.1, 0.15) is 0 Å². The molecule has 5 heteroatoms. The summed E-state index contributed by atoms with van der Waals surface area (Å²) in [6, 6.07) is 9.71. The van der Waals surface area contributed by atoms with Gasteiger partial charge in [0.2, 0.25) is 0 Å². The topological polar surface area (TPSA) is 54.0 Å². The van der Waals surface area contributed by atoms with Gasteiger partial charge in [0.05, 0.1) is 5.56 Å². The van der Waals surface area contributed by atoms with E-state index in [4.69, 9.17) is 0 Å². The van der Waals surface area contributed by atoms with Gasteiger partial charge in [-0.1, -0.05) is 0 Å². The third-order valence-electron chi connectivity index (χ3n) is 3.05. The summed E-state index contributed by atoms with van der Waals surface area (Å²) in [5.74, 6) is -0.169. The van der Waals surface area contributed by atoms with E-state index in [9.17, 15) is 4.79 Å². The number of amides is 1. The number of carbonyl (C=O) groups excluding carboxylic acids is 1. The molecule has 4 nitrogen and oxygen atoms in total. The maximum Gasteiger partial charge on any atom is 0.259 e. The average molecular weight is 283 g/mol. The molecule has 0 aliphatic heterocycles. The molecular formula is C15H13N3OS. The normalized spacial score (nSPS) is 10.4. The molecule has 0 spiro atoms. The van der Waals surface area contributed by atoms with Crippen LogP contribution in [0.1, 0.15) is 10.4 Å².